The number of hydrogen-bond donors (Lipinski definition) is 2. The fraction of sp³-hybridized carbons (Fsp3) is 0.222. The van der Waals surface area contributed by atoms with Gasteiger partial charge in [-0.25, -0.2) is 0 Å². The summed E-state index contributed by atoms with van der Waals surface area (Å²) in [5.74, 6) is -0.999. The highest BCUT2D eigenvalue weighted by Gasteiger charge is 2.14. The van der Waals surface area contributed by atoms with Gasteiger partial charge in [0.25, 0.3) is 5.91 Å². The van der Waals surface area contributed by atoms with Gasteiger partial charge in [-0.2, -0.15) is 10.2 Å². The molecule has 0 aliphatic carbocycles. The van der Waals surface area contributed by atoms with Gasteiger partial charge in [-0.15, -0.1) is 0 Å². The molecule has 0 spiro atoms. The van der Waals surface area contributed by atoms with Gasteiger partial charge in [0.15, 0.2) is 11.5 Å². The van der Waals surface area contributed by atoms with E-state index in [1.54, 1.807) is 35.1 Å². The summed E-state index contributed by atoms with van der Waals surface area (Å²) in [6, 6.07) is 8.52. The van der Waals surface area contributed by atoms with Crippen molar-refractivity contribution in [3.8, 4) is 0 Å². The Morgan fingerprint density at radius 2 is 1.89 bits per heavy atom. The summed E-state index contributed by atoms with van der Waals surface area (Å²) in [5.41, 5.74) is 1.73. The molecule has 28 heavy (non-hydrogen) atoms. The lowest BCUT2D eigenvalue weighted by Gasteiger charge is -2.08. The molecule has 8 nitrogen and oxygen atoms in total. The monoisotopic (exact) mass is 421 g/mol. The number of aryl methyl sites for hydroxylation is 2. The van der Waals surface area contributed by atoms with Crippen molar-refractivity contribution in [1.82, 2.24) is 19.6 Å². The highest BCUT2D eigenvalue weighted by atomic mass is 35.5. The smallest absolute Gasteiger partial charge is 0.305 e. The van der Waals surface area contributed by atoms with Crippen molar-refractivity contribution >= 4 is 40.9 Å². The fourth-order valence-electron chi connectivity index (χ4n) is 2.56. The lowest BCUT2D eigenvalue weighted by molar-refractivity contribution is -0.137. The maximum absolute atomic E-state index is 12.4. The van der Waals surface area contributed by atoms with E-state index in [2.05, 4.69) is 15.5 Å². The first-order valence-corrected chi connectivity index (χ1v) is 9.13. The molecule has 2 N–H and O–H groups in total. The van der Waals surface area contributed by atoms with E-state index in [0.29, 0.717) is 22.4 Å². The van der Waals surface area contributed by atoms with Crippen LogP contribution in [0, 0.1) is 6.92 Å². The number of carbonyl (C=O) groups is 2. The first-order chi connectivity index (χ1) is 13.3. The number of aromatic nitrogens is 4. The average molecular weight is 422 g/mol. The van der Waals surface area contributed by atoms with E-state index < -0.39 is 11.9 Å². The Morgan fingerprint density at radius 1 is 1.18 bits per heavy atom. The van der Waals surface area contributed by atoms with Crippen molar-refractivity contribution in [2.75, 3.05) is 5.32 Å². The Hall–Kier alpha value is -2.84. The second kappa shape index (κ2) is 8.45. The van der Waals surface area contributed by atoms with Crippen LogP contribution in [-0.2, 0) is 17.9 Å². The highest BCUT2D eigenvalue weighted by molar-refractivity contribution is 6.35. The number of amides is 1. The first-order valence-electron chi connectivity index (χ1n) is 8.37. The molecule has 2 aromatic heterocycles. The van der Waals surface area contributed by atoms with Gasteiger partial charge in [0, 0.05) is 33.6 Å². The van der Waals surface area contributed by atoms with E-state index in [4.69, 9.17) is 28.3 Å². The molecule has 0 unspecified atom stereocenters. The summed E-state index contributed by atoms with van der Waals surface area (Å²) in [5, 5.41) is 20.9. The molecule has 0 atom stereocenters. The predicted octanol–water partition coefficient (Wildman–Crippen LogP) is 3.47. The molecule has 3 rings (SSSR count). The van der Waals surface area contributed by atoms with Crippen LogP contribution in [0.5, 0.6) is 0 Å². The standard InChI is InChI=1S/C18H17Cl2N5O3/c1-11-9-16(23-25(11)10-12-13(19)3-2-4-14(12)20)21-18(28)15-5-7-24(22-15)8-6-17(26)27/h2-5,7,9H,6,8,10H2,1H3,(H,26,27)(H,21,23,28). The maximum atomic E-state index is 12.4. The number of carbonyl (C=O) groups excluding carboxylic acids is 1. The van der Waals surface area contributed by atoms with Crippen molar-refractivity contribution < 1.29 is 14.7 Å². The van der Waals surface area contributed by atoms with Gasteiger partial charge in [0.05, 0.1) is 19.5 Å². The largest absolute Gasteiger partial charge is 0.481 e. The van der Waals surface area contributed by atoms with E-state index >= 15 is 0 Å². The molecule has 0 radical (unpaired) electrons. The minimum absolute atomic E-state index is 0.0725. The van der Waals surface area contributed by atoms with Crippen LogP contribution in [0.1, 0.15) is 28.2 Å². The minimum atomic E-state index is -0.930. The maximum Gasteiger partial charge on any atom is 0.305 e. The number of aliphatic carboxylic acids is 1. The van der Waals surface area contributed by atoms with Crippen LogP contribution in [0.2, 0.25) is 10.0 Å². The third kappa shape index (κ3) is 4.71. The summed E-state index contributed by atoms with van der Waals surface area (Å²) in [6.45, 7) is 2.41. The van der Waals surface area contributed by atoms with E-state index in [-0.39, 0.29) is 18.7 Å². The summed E-state index contributed by atoms with van der Waals surface area (Å²) in [6.07, 6.45) is 1.48. The summed E-state index contributed by atoms with van der Waals surface area (Å²) in [4.78, 5) is 23.0. The van der Waals surface area contributed by atoms with Crippen LogP contribution in [0.3, 0.4) is 0 Å². The molecule has 0 aliphatic heterocycles. The topological polar surface area (TPSA) is 102 Å². The van der Waals surface area contributed by atoms with E-state index in [0.717, 1.165) is 11.3 Å². The molecule has 1 aromatic carbocycles. The van der Waals surface area contributed by atoms with Gasteiger partial charge in [0.1, 0.15) is 0 Å². The molecule has 0 fully saturated rings. The summed E-state index contributed by atoms with van der Waals surface area (Å²) < 4.78 is 3.10. The van der Waals surface area contributed by atoms with Crippen LogP contribution in [0.4, 0.5) is 5.82 Å². The Morgan fingerprint density at radius 3 is 2.57 bits per heavy atom. The predicted molar refractivity (Wildman–Crippen MR) is 105 cm³/mol. The van der Waals surface area contributed by atoms with Crippen molar-refractivity contribution in [3.63, 3.8) is 0 Å². The molecule has 3 aromatic rings. The Balaban J connectivity index is 1.69. The van der Waals surface area contributed by atoms with E-state index in [1.165, 1.54) is 10.7 Å². The van der Waals surface area contributed by atoms with Gasteiger partial charge >= 0.3 is 5.97 Å². The van der Waals surface area contributed by atoms with Crippen LogP contribution in [-0.4, -0.2) is 36.5 Å². The van der Waals surface area contributed by atoms with E-state index in [1.807, 2.05) is 6.92 Å². The van der Waals surface area contributed by atoms with Crippen molar-refractivity contribution in [2.45, 2.75) is 26.4 Å². The molecular weight excluding hydrogens is 405 g/mol. The minimum Gasteiger partial charge on any atom is -0.481 e. The number of rotatable bonds is 7. The van der Waals surface area contributed by atoms with Crippen LogP contribution >= 0.6 is 23.2 Å². The number of nitrogens with zero attached hydrogens (tertiary/aromatic N) is 4. The van der Waals surface area contributed by atoms with Gasteiger partial charge < -0.3 is 10.4 Å². The van der Waals surface area contributed by atoms with Gasteiger partial charge in [-0.3, -0.25) is 19.0 Å². The lowest BCUT2D eigenvalue weighted by atomic mass is 10.2. The number of carboxylic acids is 1. The molecule has 0 saturated heterocycles. The number of halogens is 2. The molecule has 1 amide bonds. The van der Waals surface area contributed by atoms with Crippen molar-refractivity contribution in [2.24, 2.45) is 0 Å². The third-order valence-electron chi connectivity index (χ3n) is 4.02. The molecule has 146 valence electrons. The van der Waals surface area contributed by atoms with Gasteiger partial charge in [-0.05, 0) is 25.1 Å². The van der Waals surface area contributed by atoms with E-state index in [9.17, 15) is 9.59 Å². The number of nitrogens with one attached hydrogen (secondary N) is 1. The Kier molecular flexibility index (Phi) is 6.01. The number of carboxylic acid groups (broad SMARTS) is 1. The SMILES string of the molecule is Cc1cc(NC(=O)c2ccn(CCC(=O)O)n2)nn1Cc1c(Cl)cccc1Cl. The second-order valence-corrected chi connectivity index (χ2v) is 6.91. The normalized spacial score (nSPS) is 10.8. The zero-order valence-electron chi connectivity index (χ0n) is 14.9. The quantitative estimate of drug-likeness (QED) is 0.607. The zero-order valence-corrected chi connectivity index (χ0v) is 16.4. The average Bonchev–Trinajstić information content (AvgIpc) is 3.23. The molecule has 0 saturated carbocycles. The Bertz CT molecular complexity index is 1010. The van der Waals surface area contributed by atoms with Gasteiger partial charge in [0.2, 0.25) is 0 Å². The Labute approximate surface area is 170 Å². The number of benzene rings is 1. The van der Waals surface area contributed by atoms with Crippen molar-refractivity contribution in [1.29, 1.82) is 0 Å². The second-order valence-electron chi connectivity index (χ2n) is 6.09. The summed E-state index contributed by atoms with van der Waals surface area (Å²) >= 11 is 12.4. The third-order valence-corrected chi connectivity index (χ3v) is 4.73. The van der Waals surface area contributed by atoms with Crippen LogP contribution < -0.4 is 5.32 Å². The molecule has 0 aliphatic rings. The number of anilines is 1. The number of hydrogen-bond acceptors (Lipinski definition) is 4. The van der Waals surface area contributed by atoms with Crippen LogP contribution in [0.15, 0.2) is 36.5 Å². The highest BCUT2D eigenvalue weighted by Crippen LogP contribution is 2.25. The molecule has 0 bridgehead atoms. The molecular formula is C18H17Cl2N5O3. The first kappa shape index (κ1) is 19.9. The summed E-state index contributed by atoms with van der Waals surface area (Å²) in [7, 11) is 0. The zero-order chi connectivity index (χ0) is 20.3. The molecule has 10 heteroatoms. The van der Waals surface area contributed by atoms with Crippen molar-refractivity contribution in [3.05, 3.63) is 63.5 Å². The van der Waals surface area contributed by atoms with Gasteiger partial charge in [-0.1, -0.05) is 29.3 Å². The lowest BCUT2D eigenvalue weighted by Crippen LogP contribution is -2.14. The molecule has 2 heterocycles. The fourth-order valence-corrected chi connectivity index (χ4v) is 3.08. The van der Waals surface area contributed by atoms with Crippen LogP contribution in [0.25, 0.3) is 0 Å².